The minimum absolute atomic E-state index is 0.710. The summed E-state index contributed by atoms with van der Waals surface area (Å²) < 4.78 is 0. The van der Waals surface area contributed by atoms with Gasteiger partial charge in [0.1, 0.15) is 0 Å². The quantitative estimate of drug-likeness (QED) is 0.793. The number of benzene rings is 1. The highest BCUT2D eigenvalue weighted by atomic mass is 35.5. The topological polar surface area (TPSA) is 12.0 Å². The van der Waals surface area contributed by atoms with E-state index < -0.39 is 0 Å². The minimum Gasteiger partial charge on any atom is -0.319 e. The van der Waals surface area contributed by atoms with Crippen LogP contribution in [0.1, 0.15) is 43.6 Å². The Labute approximate surface area is 110 Å². The summed E-state index contributed by atoms with van der Waals surface area (Å²) >= 11 is 5.97. The molecule has 1 aliphatic rings. The molecule has 1 aromatic rings. The molecule has 17 heavy (non-hydrogen) atoms. The zero-order chi connectivity index (χ0) is 12.1. The minimum atomic E-state index is 0.710. The number of hydrogen-bond acceptors (Lipinski definition) is 1. The van der Waals surface area contributed by atoms with E-state index in [2.05, 4.69) is 24.5 Å². The van der Waals surface area contributed by atoms with Crippen LogP contribution in [0.5, 0.6) is 0 Å². The highest BCUT2D eigenvalue weighted by Gasteiger charge is 2.24. The van der Waals surface area contributed by atoms with Gasteiger partial charge in [0.05, 0.1) is 0 Å². The van der Waals surface area contributed by atoms with Crippen molar-refractivity contribution in [3.05, 3.63) is 34.9 Å². The molecular formula is C15H22ClN. The second-order valence-electron chi connectivity index (χ2n) is 5.11. The number of hydrogen-bond donors (Lipinski definition) is 1. The second kappa shape index (κ2) is 6.42. The fraction of sp³-hybridized carbons (Fsp3) is 0.600. The Hall–Kier alpha value is -0.530. The first-order valence-electron chi connectivity index (χ1n) is 6.71. The van der Waals surface area contributed by atoms with Gasteiger partial charge in [0, 0.05) is 5.02 Å². The van der Waals surface area contributed by atoms with Crippen LogP contribution < -0.4 is 5.32 Å². The molecule has 2 rings (SSSR count). The third-order valence-electron chi connectivity index (χ3n) is 3.92. The van der Waals surface area contributed by atoms with Crippen molar-refractivity contribution in [3.8, 4) is 0 Å². The maximum absolute atomic E-state index is 5.97. The lowest BCUT2D eigenvalue weighted by Gasteiger charge is -2.25. The normalized spacial score (nSPS) is 25.5. The lowest BCUT2D eigenvalue weighted by Crippen LogP contribution is -2.24. The third-order valence-corrected chi connectivity index (χ3v) is 4.18. The summed E-state index contributed by atoms with van der Waals surface area (Å²) in [6.45, 7) is 1.13. The highest BCUT2D eigenvalue weighted by Crippen LogP contribution is 2.36. The molecule has 0 bridgehead atoms. The van der Waals surface area contributed by atoms with Crippen LogP contribution in [0.15, 0.2) is 24.3 Å². The van der Waals surface area contributed by atoms with Crippen molar-refractivity contribution in [2.45, 2.75) is 38.0 Å². The van der Waals surface area contributed by atoms with Gasteiger partial charge in [-0.05, 0) is 56.0 Å². The summed E-state index contributed by atoms with van der Waals surface area (Å²) in [5.41, 5.74) is 1.47. The van der Waals surface area contributed by atoms with Gasteiger partial charge >= 0.3 is 0 Å². The molecule has 1 nitrogen and oxygen atoms in total. The van der Waals surface area contributed by atoms with Crippen LogP contribution in [-0.4, -0.2) is 13.6 Å². The van der Waals surface area contributed by atoms with Crippen molar-refractivity contribution >= 4 is 11.6 Å². The van der Waals surface area contributed by atoms with Crippen molar-refractivity contribution in [1.82, 2.24) is 5.32 Å². The summed E-state index contributed by atoms with van der Waals surface area (Å²) in [7, 11) is 2.06. The molecule has 1 fully saturated rings. The molecule has 1 saturated carbocycles. The van der Waals surface area contributed by atoms with Crippen molar-refractivity contribution < 1.29 is 0 Å². The predicted octanol–water partition coefficient (Wildman–Crippen LogP) is 4.22. The van der Waals surface area contributed by atoms with E-state index in [0.717, 1.165) is 17.5 Å². The maximum Gasteiger partial charge on any atom is 0.0406 e. The average molecular weight is 252 g/mol. The summed E-state index contributed by atoms with van der Waals surface area (Å²) in [6, 6.07) is 8.47. The largest absolute Gasteiger partial charge is 0.319 e. The van der Waals surface area contributed by atoms with E-state index in [9.17, 15) is 0 Å². The summed E-state index contributed by atoms with van der Waals surface area (Å²) in [6.07, 6.45) is 6.83. The Bertz CT molecular complexity index is 333. The fourth-order valence-corrected chi connectivity index (χ4v) is 3.17. The van der Waals surface area contributed by atoms with E-state index in [4.69, 9.17) is 11.6 Å². The maximum atomic E-state index is 5.97. The molecule has 0 saturated heterocycles. The van der Waals surface area contributed by atoms with Gasteiger partial charge in [-0.3, -0.25) is 0 Å². The van der Waals surface area contributed by atoms with Gasteiger partial charge in [-0.15, -0.1) is 0 Å². The average Bonchev–Trinajstić information content (AvgIpc) is 2.56. The molecule has 0 heterocycles. The molecule has 0 amide bonds. The Morgan fingerprint density at radius 1 is 1.12 bits per heavy atom. The number of rotatable bonds is 3. The van der Waals surface area contributed by atoms with E-state index in [1.807, 2.05) is 12.1 Å². The Balaban J connectivity index is 2.16. The molecule has 0 aliphatic heterocycles. The van der Waals surface area contributed by atoms with Crippen LogP contribution in [0, 0.1) is 5.92 Å². The third kappa shape index (κ3) is 3.46. The van der Waals surface area contributed by atoms with Crippen LogP contribution in [0.25, 0.3) is 0 Å². The Morgan fingerprint density at radius 2 is 1.82 bits per heavy atom. The fourth-order valence-electron chi connectivity index (χ4n) is 3.04. The molecular weight excluding hydrogens is 230 g/mol. The SMILES string of the molecule is CNCC1CCCCCC1c1ccc(Cl)cc1. The van der Waals surface area contributed by atoms with E-state index >= 15 is 0 Å². The summed E-state index contributed by atoms with van der Waals surface area (Å²) in [5.74, 6) is 1.49. The lowest BCUT2D eigenvalue weighted by atomic mass is 9.82. The van der Waals surface area contributed by atoms with Gasteiger partial charge in [0.15, 0.2) is 0 Å². The highest BCUT2D eigenvalue weighted by molar-refractivity contribution is 6.30. The van der Waals surface area contributed by atoms with Crippen LogP contribution in [-0.2, 0) is 0 Å². The second-order valence-corrected chi connectivity index (χ2v) is 5.55. The summed E-state index contributed by atoms with van der Waals surface area (Å²) in [5, 5.41) is 4.19. The first kappa shape index (κ1) is 12.9. The first-order valence-corrected chi connectivity index (χ1v) is 7.09. The standard InChI is InChI=1S/C15H22ClN/c1-17-11-13-5-3-2-4-6-15(13)12-7-9-14(16)10-8-12/h7-10,13,15,17H,2-6,11H2,1H3. The van der Waals surface area contributed by atoms with E-state index in [0.29, 0.717) is 5.92 Å². The van der Waals surface area contributed by atoms with Gasteiger partial charge in [-0.1, -0.05) is 43.0 Å². The molecule has 2 atom stereocenters. The zero-order valence-electron chi connectivity index (χ0n) is 10.6. The zero-order valence-corrected chi connectivity index (χ0v) is 11.3. The van der Waals surface area contributed by atoms with Gasteiger partial charge in [0.2, 0.25) is 0 Å². The van der Waals surface area contributed by atoms with E-state index in [-0.39, 0.29) is 0 Å². The molecule has 94 valence electrons. The van der Waals surface area contributed by atoms with Crippen LogP contribution in [0.4, 0.5) is 0 Å². The van der Waals surface area contributed by atoms with E-state index in [1.165, 1.54) is 37.7 Å². The molecule has 2 unspecified atom stereocenters. The Morgan fingerprint density at radius 3 is 2.53 bits per heavy atom. The smallest absolute Gasteiger partial charge is 0.0406 e. The van der Waals surface area contributed by atoms with Crippen LogP contribution in [0.2, 0.25) is 5.02 Å². The Kier molecular flexibility index (Phi) is 4.87. The summed E-state index contributed by atoms with van der Waals surface area (Å²) in [4.78, 5) is 0. The molecule has 1 aliphatic carbocycles. The predicted molar refractivity (Wildman–Crippen MR) is 74.7 cm³/mol. The molecule has 0 spiro atoms. The van der Waals surface area contributed by atoms with Gasteiger partial charge in [0.25, 0.3) is 0 Å². The van der Waals surface area contributed by atoms with Gasteiger partial charge < -0.3 is 5.32 Å². The molecule has 0 aromatic heterocycles. The number of halogens is 1. The molecule has 2 heteroatoms. The van der Waals surface area contributed by atoms with Crippen LogP contribution >= 0.6 is 11.6 Å². The van der Waals surface area contributed by atoms with Crippen molar-refractivity contribution in [3.63, 3.8) is 0 Å². The number of nitrogens with one attached hydrogen (secondary N) is 1. The first-order chi connectivity index (χ1) is 8.31. The molecule has 1 N–H and O–H groups in total. The molecule has 1 aromatic carbocycles. The van der Waals surface area contributed by atoms with Crippen molar-refractivity contribution in [1.29, 1.82) is 0 Å². The van der Waals surface area contributed by atoms with Gasteiger partial charge in [-0.25, -0.2) is 0 Å². The van der Waals surface area contributed by atoms with Crippen molar-refractivity contribution in [2.75, 3.05) is 13.6 Å². The van der Waals surface area contributed by atoms with E-state index in [1.54, 1.807) is 0 Å². The van der Waals surface area contributed by atoms with Crippen molar-refractivity contribution in [2.24, 2.45) is 5.92 Å². The van der Waals surface area contributed by atoms with Gasteiger partial charge in [-0.2, -0.15) is 0 Å². The molecule has 0 radical (unpaired) electrons. The van der Waals surface area contributed by atoms with Crippen LogP contribution in [0.3, 0.4) is 0 Å². The monoisotopic (exact) mass is 251 g/mol. The lowest BCUT2D eigenvalue weighted by molar-refractivity contribution is 0.386.